The average molecular weight is 1210 g/mol. The number of carbonyl (C=O) groups is 8. The van der Waals surface area contributed by atoms with E-state index in [9.17, 15) is 38.4 Å². The fourth-order valence-electron chi connectivity index (χ4n) is 8.36. The second-order valence-corrected chi connectivity index (χ2v) is 20.5. The topological polar surface area (TPSA) is 396 Å². The third-order valence-electron chi connectivity index (χ3n) is 13.3. The summed E-state index contributed by atoms with van der Waals surface area (Å²) in [5, 5.41) is 10.9. The molecule has 4 amide bonds. The van der Waals surface area contributed by atoms with E-state index in [0.29, 0.717) is 51.9 Å². The van der Waals surface area contributed by atoms with Gasteiger partial charge in [0.2, 0.25) is 0 Å². The van der Waals surface area contributed by atoms with Crippen molar-refractivity contribution in [3.8, 4) is 0 Å². The predicted octanol–water partition coefficient (Wildman–Crippen LogP) is 7.63. The molecule has 0 saturated carbocycles. The highest BCUT2D eigenvalue weighted by Gasteiger charge is 2.40. The Morgan fingerprint density at radius 2 is 0.449 bits per heavy atom. The molecule has 0 spiro atoms. The number of hydrogen-bond acceptors (Lipinski definition) is 20. The summed E-state index contributed by atoms with van der Waals surface area (Å²) >= 11 is 0. The molecule has 0 unspecified atom stereocenters. The predicted molar refractivity (Wildman–Crippen MR) is 332 cm³/mol. The molecule has 0 atom stereocenters. The summed E-state index contributed by atoms with van der Waals surface area (Å²) in [7, 11) is 0. The molecular formula is C65H62N10O14. The maximum absolute atomic E-state index is 14.0. The Hall–Kier alpha value is -12.1. The van der Waals surface area contributed by atoms with E-state index < -0.39 is 98.6 Å². The van der Waals surface area contributed by atoms with Crippen LogP contribution in [-0.4, -0.2) is 98.6 Å². The van der Waals surface area contributed by atoms with Crippen LogP contribution < -0.4 is 55.7 Å². The molecule has 24 nitrogen and oxygen atoms in total. The number of urea groups is 2. The summed E-state index contributed by atoms with van der Waals surface area (Å²) in [6.07, 6.45) is 0.376. The molecule has 0 fully saturated rings. The molecule has 0 heterocycles. The Morgan fingerprint density at radius 1 is 0.270 bits per heavy atom. The lowest BCUT2D eigenvalue weighted by atomic mass is 10.0. The van der Waals surface area contributed by atoms with Crippen LogP contribution in [-0.2, 0) is 34.8 Å². The van der Waals surface area contributed by atoms with Crippen molar-refractivity contribution in [1.29, 1.82) is 0 Å². The maximum Gasteiger partial charge on any atom is 0.338 e. The standard InChI is InChI=1S/C65H62N10O14/c66-48-17-5-42(6-18-48)56(76)84-34-64(35-85-57(77)43-7-19-49(67)20-8-43,36-86-58(78)44-9-21-50(68)22-10-44)74-62(82)72-54-29-1-40(2-30-54)33-41-3-31-55(32-4-41)73-63(83)75-65(37-87-59(79)45-11-23-51(69)24-12-45,38-88-60(80)46-13-25-52(70)26-14-46)39-89-61(81)47-15-27-53(71)28-16-47/h1-32H,33-39,66-71H2,(H2,72,74,82)(H2,73,75,83). The smallest absolute Gasteiger partial charge is 0.338 e. The zero-order valence-corrected chi connectivity index (χ0v) is 47.6. The van der Waals surface area contributed by atoms with Crippen molar-refractivity contribution in [3.05, 3.63) is 239 Å². The number of rotatable bonds is 24. The molecule has 0 aliphatic carbocycles. The van der Waals surface area contributed by atoms with Crippen molar-refractivity contribution >= 4 is 93.4 Å². The molecule has 8 aromatic rings. The lowest BCUT2D eigenvalue weighted by Gasteiger charge is -2.33. The van der Waals surface area contributed by atoms with Crippen molar-refractivity contribution in [2.45, 2.75) is 17.5 Å². The highest BCUT2D eigenvalue weighted by Crippen LogP contribution is 2.22. The van der Waals surface area contributed by atoms with Crippen molar-refractivity contribution in [2.24, 2.45) is 0 Å². The van der Waals surface area contributed by atoms with E-state index in [1.807, 2.05) is 0 Å². The Labute approximate surface area is 509 Å². The van der Waals surface area contributed by atoms with Crippen molar-refractivity contribution < 1.29 is 66.8 Å². The van der Waals surface area contributed by atoms with Gasteiger partial charge in [0.1, 0.15) is 50.7 Å². The minimum atomic E-state index is -1.90. The number of anilines is 8. The number of amides is 4. The quantitative estimate of drug-likeness (QED) is 0.0158. The van der Waals surface area contributed by atoms with Crippen LogP contribution in [0.25, 0.3) is 0 Å². The van der Waals surface area contributed by atoms with Crippen LogP contribution in [0.15, 0.2) is 194 Å². The normalized spacial score (nSPS) is 11.0. The van der Waals surface area contributed by atoms with Crippen molar-refractivity contribution in [1.82, 2.24) is 10.6 Å². The van der Waals surface area contributed by atoms with Gasteiger partial charge in [-0.3, -0.25) is 0 Å². The van der Waals surface area contributed by atoms with E-state index >= 15 is 0 Å². The number of nitrogen functional groups attached to an aromatic ring is 6. The largest absolute Gasteiger partial charge is 0.459 e. The first-order valence-corrected chi connectivity index (χ1v) is 27.2. The maximum atomic E-state index is 14.0. The minimum Gasteiger partial charge on any atom is -0.459 e. The molecule has 16 N–H and O–H groups in total. The lowest BCUT2D eigenvalue weighted by Crippen LogP contribution is -2.60. The van der Waals surface area contributed by atoms with Gasteiger partial charge in [0.05, 0.1) is 33.4 Å². The van der Waals surface area contributed by atoms with Gasteiger partial charge in [-0.15, -0.1) is 0 Å². The first-order chi connectivity index (χ1) is 42.7. The molecule has 0 aliphatic heterocycles. The van der Waals surface area contributed by atoms with E-state index in [1.54, 1.807) is 48.5 Å². The summed E-state index contributed by atoms with van der Waals surface area (Å²) in [4.78, 5) is 108. The van der Waals surface area contributed by atoms with Gasteiger partial charge in [0.15, 0.2) is 0 Å². The summed E-state index contributed by atoms with van der Waals surface area (Å²) in [6, 6.07) is 46.9. The van der Waals surface area contributed by atoms with E-state index in [2.05, 4.69) is 21.3 Å². The number of carbonyl (C=O) groups excluding carboxylic acids is 8. The van der Waals surface area contributed by atoms with Gasteiger partial charge in [0.25, 0.3) is 0 Å². The fourth-order valence-corrected chi connectivity index (χ4v) is 8.36. The third-order valence-corrected chi connectivity index (χ3v) is 13.3. The Morgan fingerprint density at radius 3 is 0.629 bits per heavy atom. The molecule has 0 radical (unpaired) electrons. The highest BCUT2D eigenvalue weighted by atomic mass is 16.6. The minimum absolute atomic E-state index is 0.112. The van der Waals surface area contributed by atoms with Crippen molar-refractivity contribution in [3.63, 3.8) is 0 Å². The van der Waals surface area contributed by atoms with Gasteiger partial charge in [-0.05, 0) is 187 Å². The third kappa shape index (κ3) is 18.5. The van der Waals surface area contributed by atoms with Gasteiger partial charge in [-0.1, -0.05) is 24.3 Å². The number of hydrogen-bond donors (Lipinski definition) is 10. The summed E-state index contributed by atoms with van der Waals surface area (Å²) < 4.78 is 34.1. The van der Waals surface area contributed by atoms with Crippen LogP contribution in [0, 0.1) is 0 Å². The van der Waals surface area contributed by atoms with E-state index in [-0.39, 0.29) is 33.4 Å². The van der Waals surface area contributed by atoms with Crippen LogP contribution >= 0.6 is 0 Å². The SMILES string of the molecule is Nc1ccc(C(=O)OCC(COC(=O)c2ccc(N)cc2)(COC(=O)c2ccc(N)cc2)NC(=O)Nc2ccc(Cc3ccc(NC(=O)NC(COC(=O)c4ccc(N)cc4)(COC(=O)c4ccc(N)cc4)COC(=O)c4ccc(N)cc4)cc3)cc2)cc1. The Balaban J connectivity index is 0.957. The number of esters is 6. The van der Waals surface area contributed by atoms with Crippen LogP contribution in [0.1, 0.15) is 73.3 Å². The molecule has 0 saturated heterocycles. The molecule has 24 heteroatoms. The van der Waals surface area contributed by atoms with E-state index in [0.717, 1.165) is 11.1 Å². The molecule has 0 bridgehead atoms. The summed E-state index contributed by atoms with van der Waals surface area (Å²) in [5.74, 6) is -4.98. The van der Waals surface area contributed by atoms with Gasteiger partial charge in [-0.2, -0.15) is 0 Å². The summed E-state index contributed by atoms with van der Waals surface area (Å²) in [6.45, 7) is -3.99. The summed E-state index contributed by atoms with van der Waals surface area (Å²) in [5.41, 5.74) is 36.3. The molecule has 8 aromatic carbocycles. The van der Waals surface area contributed by atoms with Gasteiger partial charge < -0.3 is 84.1 Å². The molecular weight excluding hydrogens is 1140 g/mol. The Kier molecular flexibility index (Phi) is 20.6. The monoisotopic (exact) mass is 1210 g/mol. The first-order valence-electron chi connectivity index (χ1n) is 27.2. The molecule has 8 rings (SSSR count). The Bertz CT molecular complexity index is 3250. The number of benzene rings is 8. The number of nitrogens with one attached hydrogen (secondary N) is 4. The first kappa shape index (κ1) is 63.0. The van der Waals surface area contributed by atoms with Crippen LogP contribution in [0.3, 0.4) is 0 Å². The molecule has 456 valence electrons. The van der Waals surface area contributed by atoms with Crippen LogP contribution in [0.4, 0.5) is 55.1 Å². The fraction of sp³-hybridized carbons (Fsp3) is 0.138. The number of nitrogens with two attached hydrogens (primary N) is 6. The van der Waals surface area contributed by atoms with E-state index in [1.165, 1.54) is 146 Å². The van der Waals surface area contributed by atoms with E-state index in [4.69, 9.17) is 62.8 Å². The van der Waals surface area contributed by atoms with Gasteiger partial charge in [0, 0.05) is 45.5 Å². The molecule has 89 heavy (non-hydrogen) atoms. The zero-order chi connectivity index (χ0) is 63.5. The highest BCUT2D eigenvalue weighted by molar-refractivity contribution is 5.95. The second kappa shape index (κ2) is 29.1. The molecule has 0 aliphatic rings. The van der Waals surface area contributed by atoms with Gasteiger partial charge >= 0.3 is 47.9 Å². The average Bonchev–Trinajstić information content (AvgIpc) is 3.28. The number of ether oxygens (including phenoxy) is 6. The second-order valence-electron chi connectivity index (χ2n) is 20.5. The van der Waals surface area contributed by atoms with Gasteiger partial charge in [-0.25, -0.2) is 38.4 Å². The zero-order valence-electron chi connectivity index (χ0n) is 47.6. The van der Waals surface area contributed by atoms with Crippen LogP contribution in [0.2, 0.25) is 0 Å². The van der Waals surface area contributed by atoms with Crippen molar-refractivity contribution in [2.75, 3.05) is 84.7 Å². The molecule has 0 aromatic heterocycles. The van der Waals surface area contributed by atoms with Crippen LogP contribution in [0.5, 0.6) is 0 Å². The lowest BCUT2D eigenvalue weighted by molar-refractivity contribution is -0.0126.